The van der Waals surface area contributed by atoms with Crippen LogP contribution in [0, 0.1) is 0 Å². The predicted molar refractivity (Wildman–Crippen MR) is 71.2 cm³/mol. The summed E-state index contributed by atoms with van der Waals surface area (Å²) in [7, 11) is 0. The Morgan fingerprint density at radius 3 is 2.53 bits per heavy atom. The molecule has 0 saturated heterocycles. The SMILES string of the molecule is CCCN(c1ccc(C(=O)O)c(Cl)c1)C(C)C. The van der Waals surface area contributed by atoms with E-state index in [1.165, 1.54) is 0 Å². The molecule has 0 amide bonds. The highest BCUT2D eigenvalue weighted by Crippen LogP contribution is 2.25. The Hall–Kier alpha value is -1.22. The van der Waals surface area contributed by atoms with Gasteiger partial charge in [-0.2, -0.15) is 0 Å². The van der Waals surface area contributed by atoms with Crippen LogP contribution < -0.4 is 4.90 Å². The van der Waals surface area contributed by atoms with Crippen LogP contribution in [0.25, 0.3) is 0 Å². The van der Waals surface area contributed by atoms with E-state index in [-0.39, 0.29) is 10.6 Å². The molecular weight excluding hydrogens is 238 g/mol. The lowest BCUT2D eigenvalue weighted by Crippen LogP contribution is -2.31. The minimum absolute atomic E-state index is 0.149. The summed E-state index contributed by atoms with van der Waals surface area (Å²) >= 11 is 5.97. The Balaban J connectivity index is 3.06. The second-order valence-corrected chi connectivity index (χ2v) is 4.66. The van der Waals surface area contributed by atoms with Gasteiger partial charge in [0.25, 0.3) is 0 Å². The first-order valence-electron chi connectivity index (χ1n) is 5.76. The zero-order valence-corrected chi connectivity index (χ0v) is 11.2. The largest absolute Gasteiger partial charge is 0.478 e. The molecule has 0 fully saturated rings. The highest BCUT2D eigenvalue weighted by Gasteiger charge is 2.13. The smallest absolute Gasteiger partial charge is 0.337 e. The Morgan fingerprint density at radius 2 is 2.12 bits per heavy atom. The van der Waals surface area contributed by atoms with Gasteiger partial charge in [0.05, 0.1) is 10.6 Å². The second kappa shape index (κ2) is 5.92. The number of aromatic carboxylic acids is 1. The van der Waals surface area contributed by atoms with Gasteiger partial charge in [0.2, 0.25) is 0 Å². The fourth-order valence-corrected chi connectivity index (χ4v) is 2.04. The fraction of sp³-hybridized carbons (Fsp3) is 0.462. The van der Waals surface area contributed by atoms with Crippen LogP contribution in [0.2, 0.25) is 5.02 Å². The maximum absolute atomic E-state index is 10.9. The molecule has 0 aliphatic carbocycles. The Kier molecular flexibility index (Phi) is 4.82. The number of hydrogen-bond acceptors (Lipinski definition) is 2. The monoisotopic (exact) mass is 255 g/mol. The maximum atomic E-state index is 10.9. The lowest BCUT2D eigenvalue weighted by molar-refractivity contribution is 0.0697. The van der Waals surface area contributed by atoms with Gasteiger partial charge in [-0.05, 0) is 38.5 Å². The van der Waals surface area contributed by atoms with Crippen molar-refractivity contribution in [2.24, 2.45) is 0 Å². The number of hydrogen-bond donors (Lipinski definition) is 1. The lowest BCUT2D eigenvalue weighted by atomic mass is 10.1. The summed E-state index contributed by atoms with van der Waals surface area (Å²) in [5, 5.41) is 9.20. The predicted octanol–water partition coefficient (Wildman–Crippen LogP) is 3.66. The van der Waals surface area contributed by atoms with Crippen LogP contribution in [0.1, 0.15) is 37.6 Å². The van der Waals surface area contributed by atoms with Crippen LogP contribution in [0.3, 0.4) is 0 Å². The van der Waals surface area contributed by atoms with E-state index in [1.54, 1.807) is 12.1 Å². The average molecular weight is 256 g/mol. The molecule has 0 aliphatic rings. The molecule has 0 atom stereocenters. The minimum atomic E-state index is -0.992. The maximum Gasteiger partial charge on any atom is 0.337 e. The van der Waals surface area contributed by atoms with E-state index in [1.807, 2.05) is 6.07 Å². The summed E-state index contributed by atoms with van der Waals surface area (Å²) in [4.78, 5) is 13.1. The van der Waals surface area contributed by atoms with Gasteiger partial charge in [-0.3, -0.25) is 0 Å². The number of nitrogens with zero attached hydrogens (tertiary/aromatic N) is 1. The first-order valence-corrected chi connectivity index (χ1v) is 6.14. The van der Waals surface area contributed by atoms with Crippen molar-refractivity contribution >= 4 is 23.3 Å². The molecule has 0 unspecified atom stereocenters. The third-order valence-corrected chi connectivity index (χ3v) is 2.92. The van der Waals surface area contributed by atoms with Crippen LogP contribution in [-0.2, 0) is 0 Å². The van der Waals surface area contributed by atoms with Crippen LogP contribution in [0.4, 0.5) is 5.69 Å². The third-order valence-electron chi connectivity index (χ3n) is 2.60. The van der Waals surface area contributed by atoms with Crippen LogP contribution >= 0.6 is 11.6 Å². The molecule has 1 aromatic carbocycles. The van der Waals surface area contributed by atoms with Crippen molar-refractivity contribution in [2.45, 2.75) is 33.2 Å². The molecule has 1 N–H and O–H groups in total. The zero-order valence-electron chi connectivity index (χ0n) is 10.4. The van der Waals surface area contributed by atoms with E-state index < -0.39 is 5.97 Å². The Labute approximate surface area is 107 Å². The van der Waals surface area contributed by atoms with Gasteiger partial charge in [0.15, 0.2) is 0 Å². The van der Waals surface area contributed by atoms with Crippen molar-refractivity contribution in [1.82, 2.24) is 0 Å². The molecule has 3 nitrogen and oxygen atoms in total. The van der Waals surface area contributed by atoms with Gasteiger partial charge in [0, 0.05) is 18.3 Å². The first-order chi connectivity index (χ1) is 7.97. The van der Waals surface area contributed by atoms with E-state index in [4.69, 9.17) is 16.7 Å². The Bertz CT molecular complexity index is 404. The topological polar surface area (TPSA) is 40.5 Å². The van der Waals surface area contributed by atoms with Gasteiger partial charge >= 0.3 is 5.97 Å². The average Bonchev–Trinajstić information content (AvgIpc) is 2.24. The summed E-state index contributed by atoms with van der Waals surface area (Å²) in [6.07, 6.45) is 1.04. The lowest BCUT2D eigenvalue weighted by Gasteiger charge is -2.29. The molecule has 0 heterocycles. The summed E-state index contributed by atoms with van der Waals surface area (Å²) in [5.74, 6) is -0.992. The second-order valence-electron chi connectivity index (χ2n) is 4.26. The number of halogens is 1. The van der Waals surface area contributed by atoms with Gasteiger partial charge in [-0.1, -0.05) is 18.5 Å². The van der Waals surface area contributed by atoms with E-state index in [0.717, 1.165) is 18.7 Å². The van der Waals surface area contributed by atoms with Gasteiger partial charge in [-0.15, -0.1) is 0 Å². The fourth-order valence-electron chi connectivity index (χ4n) is 1.78. The number of carboxylic acid groups (broad SMARTS) is 1. The molecule has 0 bridgehead atoms. The summed E-state index contributed by atoms with van der Waals surface area (Å²) in [5.41, 5.74) is 1.12. The van der Waals surface area contributed by atoms with Crippen molar-refractivity contribution in [1.29, 1.82) is 0 Å². The van der Waals surface area contributed by atoms with E-state index >= 15 is 0 Å². The minimum Gasteiger partial charge on any atom is -0.478 e. The number of anilines is 1. The molecule has 17 heavy (non-hydrogen) atoms. The van der Waals surface area contributed by atoms with Gasteiger partial charge in [0.1, 0.15) is 0 Å². The third kappa shape index (κ3) is 3.37. The van der Waals surface area contributed by atoms with E-state index in [2.05, 4.69) is 25.7 Å². The van der Waals surface area contributed by atoms with Crippen molar-refractivity contribution in [3.63, 3.8) is 0 Å². The summed E-state index contributed by atoms with van der Waals surface area (Å²) < 4.78 is 0. The first kappa shape index (κ1) is 13.8. The van der Waals surface area contributed by atoms with Crippen molar-refractivity contribution in [3.8, 4) is 0 Å². The quantitative estimate of drug-likeness (QED) is 0.873. The van der Waals surface area contributed by atoms with E-state index in [9.17, 15) is 4.79 Å². The van der Waals surface area contributed by atoms with Gasteiger partial charge in [-0.25, -0.2) is 4.79 Å². The molecule has 1 aromatic rings. The highest BCUT2D eigenvalue weighted by atomic mass is 35.5. The zero-order chi connectivity index (χ0) is 13.0. The van der Waals surface area contributed by atoms with Crippen molar-refractivity contribution in [3.05, 3.63) is 28.8 Å². The standard InChI is InChI=1S/C13H18ClNO2/c1-4-7-15(9(2)3)10-5-6-11(13(16)17)12(14)8-10/h5-6,8-9H,4,7H2,1-3H3,(H,16,17). The number of carboxylic acids is 1. The molecule has 94 valence electrons. The molecule has 0 aromatic heterocycles. The number of carbonyl (C=O) groups is 1. The molecule has 0 aliphatic heterocycles. The molecule has 1 rings (SSSR count). The Morgan fingerprint density at radius 1 is 1.47 bits per heavy atom. The highest BCUT2D eigenvalue weighted by molar-refractivity contribution is 6.33. The number of benzene rings is 1. The summed E-state index contributed by atoms with van der Waals surface area (Å²) in [6.45, 7) is 7.26. The number of rotatable bonds is 5. The van der Waals surface area contributed by atoms with Gasteiger partial charge < -0.3 is 10.0 Å². The van der Waals surface area contributed by atoms with Crippen molar-refractivity contribution in [2.75, 3.05) is 11.4 Å². The van der Waals surface area contributed by atoms with Crippen LogP contribution in [0.15, 0.2) is 18.2 Å². The molecule has 4 heteroatoms. The van der Waals surface area contributed by atoms with Crippen LogP contribution in [0.5, 0.6) is 0 Å². The molecule has 0 saturated carbocycles. The normalized spacial score (nSPS) is 10.6. The van der Waals surface area contributed by atoms with Crippen molar-refractivity contribution < 1.29 is 9.90 Å². The molecule has 0 radical (unpaired) electrons. The molecular formula is C13H18ClNO2. The van der Waals surface area contributed by atoms with Crippen LogP contribution in [-0.4, -0.2) is 23.7 Å². The molecule has 0 spiro atoms. The van der Waals surface area contributed by atoms with E-state index in [0.29, 0.717) is 6.04 Å². The summed E-state index contributed by atoms with van der Waals surface area (Å²) in [6, 6.07) is 5.46.